The Bertz CT molecular complexity index is 516. The SMILES string of the molecule is Cc1cc(Oc2cnc(CCl)cn2)ccc1Br. The quantitative estimate of drug-likeness (QED) is 0.801. The average Bonchev–Trinajstić information content (AvgIpc) is 2.35. The van der Waals surface area contributed by atoms with E-state index in [-0.39, 0.29) is 0 Å². The first kappa shape index (κ1) is 12.3. The smallest absolute Gasteiger partial charge is 0.237 e. The Labute approximate surface area is 113 Å². The molecule has 17 heavy (non-hydrogen) atoms. The van der Waals surface area contributed by atoms with Crippen LogP contribution >= 0.6 is 27.5 Å². The van der Waals surface area contributed by atoms with Crippen LogP contribution in [0.2, 0.25) is 0 Å². The Hall–Kier alpha value is -1.13. The van der Waals surface area contributed by atoms with Gasteiger partial charge in [0.1, 0.15) is 5.75 Å². The molecule has 0 unspecified atom stereocenters. The van der Waals surface area contributed by atoms with Crippen molar-refractivity contribution in [1.82, 2.24) is 9.97 Å². The van der Waals surface area contributed by atoms with Crippen LogP contribution in [0, 0.1) is 6.92 Å². The summed E-state index contributed by atoms with van der Waals surface area (Å²) in [5.74, 6) is 1.55. The van der Waals surface area contributed by atoms with Crippen molar-refractivity contribution in [3.8, 4) is 11.6 Å². The Morgan fingerprint density at radius 1 is 1.29 bits per heavy atom. The van der Waals surface area contributed by atoms with E-state index in [0.717, 1.165) is 21.5 Å². The van der Waals surface area contributed by atoms with E-state index in [1.54, 1.807) is 12.4 Å². The summed E-state index contributed by atoms with van der Waals surface area (Å²) in [6.07, 6.45) is 3.17. The second kappa shape index (κ2) is 5.47. The maximum absolute atomic E-state index is 5.63. The average molecular weight is 314 g/mol. The molecule has 0 atom stereocenters. The minimum absolute atomic E-state index is 0.352. The number of hydrogen-bond donors (Lipinski definition) is 0. The van der Waals surface area contributed by atoms with Crippen molar-refractivity contribution in [1.29, 1.82) is 0 Å². The van der Waals surface area contributed by atoms with Crippen LogP contribution in [0.5, 0.6) is 11.6 Å². The topological polar surface area (TPSA) is 35.0 Å². The summed E-state index contributed by atoms with van der Waals surface area (Å²) < 4.78 is 6.63. The Balaban J connectivity index is 2.16. The van der Waals surface area contributed by atoms with Gasteiger partial charge in [0.05, 0.1) is 24.0 Å². The summed E-state index contributed by atoms with van der Waals surface area (Å²) in [4.78, 5) is 8.22. The molecule has 0 saturated carbocycles. The molecule has 0 bridgehead atoms. The van der Waals surface area contributed by atoms with E-state index in [2.05, 4.69) is 25.9 Å². The number of rotatable bonds is 3. The van der Waals surface area contributed by atoms with E-state index in [4.69, 9.17) is 16.3 Å². The fraction of sp³-hybridized carbons (Fsp3) is 0.167. The highest BCUT2D eigenvalue weighted by Crippen LogP contribution is 2.24. The second-order valence-corrected chi connectivity index (χ2v) is 4.61. The van der Waals surface area contributed by atoms with Gasteiger partial charge in [-0.05, 0) is 30.7 Å². The molecule has 0 saturated heterocycles. The summed E-state index contributed by atoms with van der Waals surface area (Å²) in [5.41, 5.74) is 1.83. The lowest BCUT2D eigenvalue weighted by Crippen LogP contribution is -1.92. The molecular weight excluding hydrogens is 304 g/mol. The third-order valence-corrected chi connectivity index (χ3v) is 3.33. The Kier molecular flexibility index (Phi) is 3.97. The van der Waals surface area contributed by atoms with Gasteiger partial charge in [-0.1, -0.05) is 15.9 Å². The van der Waals surface area contributed by atoms with E-state index in [1.807, 2.05) is 25.1 Å². The molecule has 1 heterocycles. The van der Waals surface area contributed by atoms with Crippen molar-refractivity contribution in [2.45, 2.75) is 12.8 Å². The van der Waals surface area contributed by atoms with Crippen LogP contribution < -0.4 is 4.74 Å². The zero-order valence-corrected chi connectivity index (χ0v) is 11.5. The largest absolute Gasteiger partial charge is 0.437 e. The Morgan fingerprint density at radius 3 is 2.71 bits per heavy atom. The second-order valence-electron chi connectivity index (χ2n) is 3.49. The molecule has 0 amide bonds. The van der Waals surface area contributed by atoms with Crippen molar-refractivity contribution >= 4 is 27.5 Å². The summed E-state index contributed by atoms with van der Waals surface area (Å²) >= 11 is 9.06. The molecule has 0 aliphatic rings. The van der Waals surface area contributed by atoms with E-state index in [0.29, 0.717) is 11.8 Å². The molecule has 2 rings (SSSR count). The van der Waals surface area contributed by atoms with Crippen molar-refractivity contribution in [3.05, 3.63) is 46.3 Å². The third kappa shape index (κ3) is 3.17. The van der Waals surface area contributed by atoms with Gasteiger partial charge in [-0.15, -0.1) is 11.6 Å². The number of nitrogens with zero attached hydrogens (tertiary/aromatic N) is 2. The summed E-state index contributed by atoms with van der Waals surface area (Å²) in [5, 5.41) is 0. The molecule has 0 aliphatic heterocycles. The molecule has 0 N–H and O–H groups in total. The normalized spacial score (nSPS) is 10.3. The number of halogens is 2. The monoisotopic (exact) mass is 312 g/mol. The van der Waals surface area contributed by atoms with E-state index in [1.165, 1.54) is 0 Å². The predicted octanol–water partition coefficient (Wildman–Crippen LogP) is 4.08. The number of alkyl halides is 1. The molecule has 0 radical (unpaired) electrons. The third-order valence-electron chi connectivity index (χ3n) is 2.17. The standard InChI is InChI=1S/C12H10BrClN2O/c1-8-4-10(2-3-11(8)13)17-12-7-15-9(5-14)6-16-12/h2-4,6-7H,5H2,1H3. The molecule has 1 aromatic heterocycles. The lowest BCUT2D eigenvalue weighted by molar-refractivity contribution is 0.459. The van der Waals surface area contributed by atoms with Gasteiger partial charge in [0, 0.05) is 4.47 Å². The summed E-state index contributed by atoms with van der Waals surface area (Å²) in [6.45, 7) is 2.00. The minimum Gasteiger partial charge on any atom is -0.437 e. The highest BCUT2D eigenvalue weighted by molar-refractivity contribution is 9.10. The maximum Gasteiger partial charge on any atom is 0.237 e. The van der Waals surface area contributed by atoms with Crippen LogP contribution in [0.4, 0.5) is 0 Å². The van der Waals surface area contributed by atoms with Crippen LogP contribution in [-0.4, -0.2) is 9.97 Å². The van der Waals surface area contributed by atoms with Crippen LogP contribution in [0.1, 0.15) is 11.3 Å². The van der Waals surface area contributed by atoms with Crippen molar-refractivity contribution < 1.29 is 4.74 Å². The number of hydrogen-bond acceptors (Lipinski definition) is 3. The first-order valence-corrected chi connectivity index (χ1v) is 6.32. The molecular formula is C12H10BrClN2O. The molecule has 0 fully saturated rings. The molecule has 1 aromatic carbocycles. The molecule has 5 heteroatoms. The Morgan fingerprint density at radius 2 is 2.12 bits per heavy atom. The zero-order valence-electron chi connectivity index (χ0n) is 9.15. The van der Waals surface area contributed by atoms with Crippen molar-refractivity contribution in [2.24, 2.45) is 0 Å². The first-order valence-electron chi connectivity index (χ1n) is 5.00. The molecule has 2 aromatic rings. The highest BCUT2D eigenvalue weighted by Gasteiger charge is 2.02. The molecule has 0 spiro atoms. The fourth-order valence-corrected chi connectivity index (χ4v) is 1.65. The minimum atomic E-state index is 0.352. The van der Waals surface area contributed by atoms with Gasteiger partial charge < -0.3 is 4.74 Å². The fourth-order valence-electron chi connectivity index (χ4n) is 1.27. The molecule has 88 valence electrons. The first-order chi connectivity index (χ1) is 8.19. The van der Waals surface area contributed by atoms with Crippen molar-refractivity contribution in [2.75, 3.05) is 0 Å². The van der Waals surface area contributed by atoms with Gasteiger partial charge in [-0.2, -0.15) is 0 Å². The van der Waals surface area contributed by atoms with Crippen LogP contribution in [0.15, 0.2) is 35.1 Å². The number of benzene rings is 1. The highest BCUT2D eigenvalue weighted by atomic mass is 79.9. The van der Waals surface area contributed by atoms with Gasteiger partial charge in [-0.3, -0.25) is 4.98 Å². The summed E-state index contributed by atoms with van der Waals surface area (Å²) in [6, 6.07) is 5.74. The number of aromatic nitrogens is 2. The van der Waals surface area contributed by atoms with Crippen molar-refractivity contribution in [3.63, 3.8) is 0 Å². The van der Waals surface area contributed by atoms with Gasteiger partial charge in [-0.25, -0.2) is 4.98 Å². The van der Waals surface area contributed by atoms with Crippen LogP contribution in [0.3, 0.4) is 0 Å². The lowest BCUT2D eigenvalue weighted by atomic mass is 10.2. The number of aryl methyl sites for hydroxylation is 1. The van der Waals surface area contributed by atoms with Gasteiger partial charge in [0.25, 0.3) is 0 Å². The van der Waals surface area contributed by atoms with Crippen LogP contribution in [-0.2, 0) is 5.88 Å². The zero-order chi connectivity index (χ0) is 12.3. The molecule has 3 nitrogen and oxygen atoms in total. The molecule has 0 aliphatic carbocycles. The van der Waals surface area contributed by atoms with E-state index < -0.39 is 0 Å². The predicted molar refractivity (Wildman–Crippen MR) is 70.5 cm³/mol. The van der Waals surface area contributed by atoms with Gasteiger partial charge in [0.2, 0.25) is 5.88 Å². The summed E-state index contributed by atoms with van der Waals surface area (Å²) in [7, 11) is 0. The maximum atomic E-state index is 5.63. The van der Waals surface area contributed by atoms with Gasteiger partial charge >= 0.3 is 0 Å². The van der Waals surface area contributed by atoms with E-state index in [9.17, 15) is 0 Å². The lowest BCUT2D eigenvalue weighted by Gasteiger charge is -2.06. The van der Waals surface area contributed by atoms with Crippen LogP contribution in [0.25, 0.3) is 0 Å². The van der Waals surface area contributed by atoms with Gasteiger partial charge in [0.15, 0.2) is 0 Å². The number of ether oxygens (including phenoxy) is 1. The van der Waals surface area contributed by atoms with E-state index >= 15 is 0 Å².